The second-order valence-electron chi connectivity index (χ2n) is 7.88. The summed E-state index contributed by atoms with van der Waals surface area (Å²) < 4.78 is 4.17. The van der Waals surface area contributed by atoms with Crippen LogP contribution in [0.15, 0.2) is 30.7 Å². The van der Waals surface area contributed by atoms with Crippen molar-refractivity contribution in [3.8, 4) is 11.4 Å². The Morgan fingerprint density at radius 2 is 1.97 bits per heavy atom. The number of hydrogen-bond acceptors (Lipinski definition) is 4. The van der Waals surface area contributed by atoms with Crippen molar-refractivity contribution in [3.05, 3.63) is 53.4 Å². The van der Waals surface area contributed by atoms with Gasteiger partial charge in [0.25, 0.3) is 0 Å². The number of carbonyl (C=O) groups is 1. The van der Waals surface area contributed by atoms with Gasteiger partial charge in [0.05, 0.1) is 11.7 Å². The molecular formula is C22H28N6O. The number of rotatable bonds is 5. The molecule has 1 fully saturated rings. The van der Waals surface area contributed by atoms with Crippen molar-refractivity contribution in [2.75, 3.05) is 13.1 Å². The molecule has 4 rings (SSSR count). The molecule has 1 amide bonds. The van der Waals surface area contributed by atoms with Crippen molar-refractivity contribution >= 4 is 5.91 Å². The van der Waals surface area contributed by atoms with Gasteiger partial charge in [-0.2, -0.15) is 5.10 Å². The molecule has 1 aliphatic heterocycles. The van der Waals surface area contributed by atoms with Crippen LogP contribution in [0.4, 0.5) is 0 Å². The summed E-state index contributed by atoms with van der Waals surface area (Å²) in [6, 6.07) is 4.22. The Hall–Kier alpha value is -2.96. The maximum Gasteiger partial charge on any atom is 0.222 e. The first-order valence-corrected chi connectivity index (χ1v) is 10.2. The summed E-state index contributed by atoms with van der Waals surface area (Å²) >= 11 is 0. The molecule has 1 aliphatic rings. The minimum absolute atomic E-state index is 0.221. The van der Waals surface area contributed by atoms with Gasteiger partial charge in [0.2, 0.25) is 5.91 Å². The molecule has 0 saturated carbocycles. The number of aromatic nitrogens is 5. The molecular weight excluding hydrogens is 364 g/mol. The van der Waals surface area contributed by atoms with E-state index in [4.69, 9.17) is 0 Å². The van der Waals surface area contributed by atoms with Crippen LogP contribution in [0.3, 0.4) is 0 Å². The van der Waals surface area contributed by atoms with Crippen LogP contribution in [0.1, 0.15) is 41.5 Å². The summed E-state index contributed by atoms with van der Waals surface area (Å²) in [6.45, 7) is 7.69. The molecule has 4 heterocycles. The number of pyridine rings is 1. The van der Waals surface area contributed by atoms with Gasteiger partial charge in [0.1, 0.15) is 5.82 Å². The molecule has 7 heteroatoms. The van der Waals surface area contributed by atoms with Gasteiger partial charge >= 0.3 is 0 Å². The van der Waals surface area contributed by atoms with E-state index in [0.29, 0.717) is 6.42 Å². The first kappa shape index (κ1) is 19.4. The Morgan fingerprint density at radius 3 is 2.66 bits per heavy atom. The van der Waals surface area contributed by atoms with E-state index >= 15 is 0 Å². The number of likely N-dealkylation sites (tertiary alicyclic amines) is 1. The number of imidazole rings is 1. The van der Waals surface area contributed by atoms with Crippen LogP contribution < -0.4 is 0 Å². The van der Waals surface area contributed by atoms with Gasteiger partial charge in [-0.25, -0.2) is 4.98 Å². The van der Waals surface area contributed by atoms with Crippen LogP contribution in [0.5, 0.6) is 0 Å². The molecule has 0 aromatic carbocycles. The van der Waals surface area contributed by atoms with Gasteiger partial charge in [-0.15, -0.1) is 0 Å². The molecule has 0 spiro atoms. The maximum absolute atomic E-state index is 12.9. The Labute approximate surface area is 171 Å². The maximum atomic E-state index is 12.9. The summed E-state index contributed by atoms with van der Waals surface area (Å²) in [5, 5.41) is 4.46. The Morgan fingerprint density at radius 1 is 1.21 bits per heavy atom. The van der Waals surface area contributed by atoms with Crippen LogP contribution in [0.25, 0.3) is 11.4 Å². The largest absolute Gasteiger partial charge is 0.341 e. The van der Waals surface area contributed by atoms with Crippen molar-refractivity contribution in [2.24, 2.45) is 7.05 Å². The van der Waals surface area contributed by atoms with E-state index in [-0.39, 0.29) is 11.9 Å². The van der Waals surface area contributed by atoms with E-state index < -0.39 is 0 Å². The summed E-state index contributed by atoms with van der Waals surface area (Å²) in [4.78, 5) is 23.6. The zero-order valence-corrected chi connectivity index (χ0v) is 17.6. The predicted molar refractivity (Wildman–Crippen MR) is 111 cm³/mol. The molecule has 3 aromatic rings. The summed E-state index contributed by atoms with van der Waals surface area (Å²) in [7, 11) is 1.95. The highest BCUT2D eigenvalue weighted by Crippen LogP contribution is 2.30. The molecule has 7 nitrogen and oxygen atoms in total. The van der Waals surface area contributed by atoms with Crippen LogP contribution >= 0.6 is 0 Å². The highest BCUT2D eigenvalue weighted by Gasteiger charge is 2.29. The molecule has 0 bridgehead atoms. The zero-order chi connectivity index (χ0) is 20.5. The zero-order valence-electron chi connectivity index (χ0n) is 17.6. The molecule has 3 aromatic heterocycles. The van der Waals surface area contributed by atoms with Crippen molar-refractivity contribution in [2.45, 2.75) is 46.1 Å². The molecule has 1 saturated heterocycles. The molecule has 29 heavy (non-hydrogen) atoms. The third kappa shape index (κ3) is 3.69. The molecule has 0 N–H and O–H groups in total. The highest BCUT2D eigenvalue weighted by molar-refractivity contribution is 5.77. The van der Waals surface area contributed by atoms with Crippen LogP contribution in [0.2, 0.25) is 0 Å². The Kier molecular flexibility index (Phi) is 5.22. The molecule has 0 radical (unpaired) electrons. The first-order valence-electron chi connectivity index (χ1n) is 10.2. The lowest BCUT2D eigenvalue weighted by atomic mass is 10.1. The van der Waals surface area contributed by atoms with Gasteiger partial charge in [0.15, 0.2) is 0 Å². The van der Waals surface area contributed by atoms with Gasteiger partial charge in [-0.05, 0) is 51.3 Å². The van der Waals surface area contributed by atoms with E-state index in [9.17, 15) is 4.79 Å². The second kappa shape index (κ2) is 7.81. The topological polar surface area (TPSA) is 68.8 Å². The highest BCUT2D eigenvalue weighted by atomic mass is 16.2. The first-order chi connectivity index (χ1) is 14.0. The standard InChI is InChI=1S/C22H28N6O/c1-15-13-24-22(18-7-10-23-11-8-18)28(15)19-9-12-27(14-19)21(29)6-5-20-16(2)25-26(4)17(20)3/h7-8,10-11,13,19H,5-6,9,12,14H2,1-4H3. The fraction of sp³-hybridized carbons (Fsp3) is 0.455. The lowest BCUT2D eigenvalue weighted by Gasteiger charge is -2.20. The lowest BCUT2D eigenvalue weighted by molar-refractivity contribution is -0.130. The Balaban J connectivity index is 1.45. The summed E-state index contributed by atoms with van der Waals surface area (Å²) in [5.74, 6) is 1.17. The second-order valence-corrected chi connectivity index (χ2v) is 7.88. The number of hydrogen-bond donors (Lipinski definition) is 0. The Bertz CT molecular complexity index is 1020. The fourth-order valence-corrected chi connectivity index (χ4v) is 4.37. The molecule has 1 atom stereocenters. The van der Waals surface area contributed by atoms with E-state index in [1.165, 1.54) is 5.56 Å². The predicted octanol–water partition coefficient (Wildman–Crippen LogP) is 3.01. The van der Waals surface area contributed by atoms with Crippen molar-refractivity contribution in [1.82, 2.24) is 29.2 Å². The smallest absolute Gasteiger partial charge is 0.222 e. The quantitative estimate of drug-likeness (QED) is 0.669. The van der Waals surface area contributed by atoms with E-state index in [1.54, 1.807) is 12.4 Å². The molecule has 0 aliphatic carbocycles. The van der Waals surface area contributed by atoms with Crippen molar-refractivity contribution < 1.29 is 4.79 Å². The van der Waals surface area contributed by atoms with Gasteiger partial charge in [-0.3, -0.25) is 14.5 Å². The summed E-state index contributed by atoms with van der Waals surface area (Å²) in [5.41, 5.74) is 5.54. The molecule has 1 unspecified atom stereocenters. The lowest BCUT2D eigenvalue weighted by Crippen LogP contribution is -2.29. The van der Waals surface area contributed by atoms with E-state index in [2.05, 4.69) is 33.5 Å². The SMILES string of the molecule is Cc1nn(C)c(C)c1CCC(=O)N1CCC(n2c(C)cnc2-c2ccncc2)C1. The average Bonchev–Trinajstić information content (AvgIpc) is 3.40. The number of aryl methyl sites for hydroxylation is 3. The van der Waals surface area contributed by atoms with Gasteiger partial charge in [-0.1, -0.05) is 0 Å². The normalized spacial score (nSPS) is 16.6. The van der Waals surface area contributed by atoms with Gasteiger partial charge in [0, 0.05) is 62.1 Å². The van der Waals surface area contributed by atoms with Crippen LogP contribution in [0, 0.1) is 20.8 Å². The molecule has 152 valence electrons. The minimum Gasteiger partial charge on any atom is -0.341 e. The van der Waals surface area contributed by atoms with Gasteiger partial charge < -0.3 is 9.47 Å². The van der Waals surface area contributed by atoms with Crippen molar-refractivity contribution in [1.29, 1.82) is 0 Å². The average molecular weight is 393 g/mol. The minimum atomic E-state index is 0.221. The van der Waals surface area contributed by atoms with E-state index in [0.717, 1.165) is 54.4 Å². The number of nitrogens with zero attached hydrogens (tertiary/aromatic N) is 6. The van der Waals surface area contributed by atoms with Crippen molar-refractivity contribution in [3.63, 3.8) is 0 Å². The third-order valence-electron chi connectivity index (χ3n) is 6.05. The monoisotopic (exact) mass is 392 g/mol. The third-order valence-corrected chi connectivity index (χ3v) is 6.05. The fourth-order valence-electron chi connectivity index (χ4n) is 4.37. The van der Waals surface area contributed by atoms with Crippen LogP contribution in [-0.2, 0) is 18.3 Å². The number of amides is 1. The number of carbonyl (C=O) groups excluding carboxylic acids is 1. The summed E-state index contributed by atoms with van der Waals surface area (Å²) in [6.07, 6.45) is 7.71. The van der Waals surface area contributed by atoms with Crippen LogP contribution in [-0.4, -0.2) is 48.2 Å². The van der Waals surface area contributed by atoms with E-state index in [1.807, 2.05) is 41.9 Å².